The van der Waals surface area contributed by atoms with Crippen LogP contribution in [0.5, 0.6) is 0 Å². The van der Waals surface area contributed by atoms with Gasteiger partial charge in [0.05, 0.1) is 19.3 Å². The van der Waals surface area contributed by atoms with Crippen molar-refractivity contribution in [3.05, 3.63) is 29.3 Å². The van der Waals surface area contributed by atoms with Crippen molar-refractivity contribution in [3.8, 4) is 0 Å². The molecule has 0 radical (unpaired) electrons. The third kappa shape index (κ3) is 9.97. The quantitative estimate of drug-likeness (QED) is 0.207. The van der Waals surface area contributed by atoms with Crippen molar-refractivity contribution in [3.63, 3.8) is 0 Å². The normalized spacial score (nSPS) is 22.9. The van der Waals surface area contributed by atoms with E-state index in [0.717, 1.165) is 62.9 Å². The van der Waals surface area contributed by atoms with Crippen molar-refractivity contribution in [1.82, 2.24) is 4.90 Å². The zero-order valence-corrected chi connectivity index (χ0v) is 26.9. The first-order valence-electron chi connectivity index (χ1n) is 15.3. The molecule has 1 aliphatic carbocycles. The Balaban J connectivity index is 1.70. The average Bonchev–Trinajstić information content (AvgIpc) is 2.85. The fourth-order valence-corrected chi connectivity index (χ4v) is 5.90. The van der Waals surface area contributed by atoms with Crippen LogP contribution in [-0.2, 0) is 28.5 Å². The number of ether oxygens (including phenoxy) is 4. The molecule has 232 valence electrons. The van der Waals surface area contributed by atoms with E-state index in [9.17, 15) is 9.59 Å². The summed E-state index contributed by atoms with van der Waals surface area (Å²) in [5.41, 5.74) is 1.18. The molecular weight excluding hydrogens is 520 g/mol. The van der Waals surface area contributed by atoms with Gasteiger partial charge in [-0.3, -0.25) is 14.5 Å². The summed E-state index contributed by atoms with van der Waals surface area (Å²) in [6, 6.07) is 6.05. The van der Waals surface area contributed by atoms with Crippen LogP contribution in [0.2, 0.25) is 0 Å². The molecule has 3 rings (SSSR count). The fraction of sp³-hybridized carbons (Fsp3) is 0.758. The summed E-state index contributed by atoms with van der Waals surface area (Å²) in [6.07, 6.45) is 6.75. The van der Waals surface area contributed by atoms with Crippen LogP contribution in [0.4, 0.5) is 5.69 Å². The van der Waals surface area contributed by atoms with Crippen molar-refractivity contribution >= 4 is 17.6 Å². The van der Waals surface area contributed by atoms with Crippen molar-refractivity contribution in [1.29, 1.82) is 0 Å². The monoisotopic (exact) mass is 574 g/mol. The maximum Gasteiger partial charge on any atom is 0.325 e. The molecular formula is C33H54N2O6. The predicted octanol–water partition coefficient (Wildman–Crippen LogP) is 6.00. The lowest BCUT2D eigenvalue weighted by Gasteiger charge is -2.48. The SMILES string of the molecule is COCCOC1CCC(C)(N2CCC(Nc3cc(C)ccc3C(C(=O)OC(C)(C)C)C(=O)OC(C)(C)C)CC2)CC1. The van der Waals surface area contributed by atoms with Crippen LogP contribution in [0.1, 0.15) is 104 Å². The van der Waals surface area contributed by atoms with Crippen molar-refractivity contribution in [2.45, 2.75) is 129 Å². The second kappa shape index (κ2) is 13.9. The maximum atomic E-state index is 13.4. The van der Waals surface area contributed by atoms with Gasteiger partial charge in [0.2, 0.25) is 0 Å². The summed E-state index contributed by atoms with van der Waals surface area (Å²) in [6.45, 7) is 18.6. The van der Waals surface area contributed by atoms with Gasteiger partial charge in [0.15, 0.2) is 5.92 Å². The Bertz CT molecular complexity index is 984. The van der Waals surface area contributed by atoms with Gasteiger partial charge in [-0.1, -0.05) is 12.1 Å². The summed E-state index contributed by atoms with van der Waals surface area (Å²) in [4.78, 5) is 29.4. The third-order valence-electron chi connectivity index (χ3n) is 8.07. The van der Waals surface area contributed by atoms with Gasteiger partial charge in [-0.25, -0.2) is 0 Å². The molecule has 1 heterocycles. The first-order valence-corrected chi connectivity index (χ1v) is 15.3. The highest BCUT2D eigenvalue weighted by Crippen LogP contribution is 2.37. The number of aryl methyl sites for hydroxylation is 1. The van der Waals surface area contributed by atoms with Gasteiger partial charge < -0.3 is 24.3 Å². The molecule has 1 saturated heterocycles. The number of hydrogen-bond donors (Lipinski definition) is 1. The Labute approximate surface area is 247 Å². The molecule has 0 atom stereocenters. The molecule has 0 bridgehead atoms. The van der Waals surface area contributed by atoms with Crippen LogP contribution in [0.3, 0.4) is 0 Å². The smallest absolute Gasteiger partial charge is 0.325 e. The Morgan fingerprint density at radius 3 is 2.02 bits per heavy atom. The van der Waals surface area contributed by atoms with Crippen LogP contribution in [0, 0.1) is 6.92 Å². The van der Waals surface area contributed by atoms with Gasteiger partial charge in [-0.2, -0.15) is 0 Å². The maximum absolute atomic E-state index is 13.4. The second-order valence-electron chi connectivity index (χ2n) is 14.1. The number of rotatable bonds is 10. The number of nitrogens with zero attached hydrogens (tertiary/aromatic N) is 1. The number of likely N-dealkylation sites (tertiary alicyclic amines) is 1. The highest BCUT2D eigenvalue weighted by Gasteiger charge is 2.40. The third-order valence-corrected chi connectivity index (χ3v) is 8.07. The zero-order valence-electron chi connectivity index (χ0n) is 26.9. The largest absolute Gasteiger partial charge is 0.459 e. The van der Waals surface area contributed by atoms with Crippen LogP contribution < -0.4 is 5.32 Å². The molecule has 0 spiro atoms. The van der Waals surface area contributed by atoms with E-state index in [0.29, 0.717) is 24.9 Å². The second-order valence-corrected chi connectivity index (χ2v) is 14.1. The minimum atomic E-state index is -1.17. The Morgan fingerprint density at radius 2 is 1.51 bits per heavy atom. The molecule has 2 aliphatic rings. The number of piperidine rings is 1. The Kier molecular flexibility index (Phi) is 11.3. The Hall–Kier alpha value is -2.16. The molecule has 0 aromatic heterocycles. The highest BCUT2D eigenvalue weighted by atomic mass is 16.6. The predicted molar refractivity (Wildman–Crippen MR) is 162 cm³/mol. The minimum Gasteiger partial charge on any atom is -0.459 e. The van der Waals surface area contributed by atoms with Gasteiger partial charge in [0.1, 0.15) is 11.2 Å². The van der Waals surface area contributed by atoms with E-state index in [-0.39, 0.29) is 11.6 Å². The molecule has 8 nitrogen and oxygen atoms in total. The van der Waals surface area contributed by atoms with E-state index in [1.54, 1.807) is 48.7 Å². The van der Waals surface area contributed by atoms with Crippen molar-refractivity contribution < 1.29 is 28.5 Å². The van der Waals surface area contributed by atoms with Crippen molar-refractivity contribution in [2.24, 2.45) is 0 Å². The molecule has 1 aromatic rings. The molecule has 0 amide bonds. The minimum absolute atomic E-state index is 0.194. The molecule has 8 heteroatoms. The number of anilines is 1. The number of methoxy groups -OCH3 is 1. The van der Waals surface area contributed by atoms with Crippen LogP contribution >= 0.6 is 0 Å². The van der Waals surface area contributed by atoms with E-state index < -0.39 is 29.1 Å². The lowest BCUT2D eigenvalue weighted by atomic mass is 9.79. The van der Waals surface area contributed by atoms with E-state index in [1.165, 1.54) is 0 Å². The van der Waals surface area contributed by atoms with Gasteiger partial charge in [0, 0.05) is 43.0 Å². The van der Waals surface area contributed by atoms with E-state index >= 15 is 0 Å². The highest BCUT2D eigenvalue weighted by molar-refractivity contribution is 6.02. The number of hydrogen-bond acceptors (Lipinski definition) is 8. The first-order chi connectivity index (χ1) is 19.1. The van der Waals surface area contributed by atoms with Gasteiger partial charge in [-0.05, 0) is 106 Å². The molecule has 1 aromatic carbocycles. The molecule has 2 fully saturated rings. The molecule has 1 aliphatic heterocycles. The molecule has 41 heavy (non-hydrogen) atoms. The summed E-state index contributed by atoms with van der Waals surface area (Å²) in [5.74, 6) is -2.36. The van der Waals surface area contributed by atoms with E-state index in [4.69, 9.17) is 18.9 Å². The standard InChI is InChI=1S/C33H54N2O6/c1-23-10-11-26(28(29(36)40-31(2,3)4)30(37)41-32(5,6)7)27(22-23)34-24-14-18-35(19-15-24)33(8)16-12-25(13-17-33)39-21-20-38-9/h10-11,22,24-25,28,34H,12-21H2,1-9H3. The topological polar surface area (TPSA) is 86.3 Å². The number of esters is 2. The van der Waals surface area contributed by atoms with Crippen LogP contribution in [-0.4, -0.2) is 79.1 Å². The summed E-state index contributed by atoms with van der Waals surface area (Å²) < 4.78 is 22.5. The van der Waals surface area contributed by atoms with E-state index in [1.807, 2.05) is 25.1 Å². The average molecular weight is 575 g/mol. The number of carbonyl (C=O) groups is 2. The Morgan fingerprint density at radius 1 is 0.951 bits per heavy atom. The fourth-order valence-electron chi connectivity index (χ4n) is 5.90. The number of benzene rings is 1. The molecule has 1 saturated carbocycles. The first kappa shape index (κ1) is 33.3. The van der Waals surface area contributed by atoms with Gasteiger partial charge in [0.25, 0.3) is 0 Å². The lowest BCUT2D eigenvalue weighted by molar-refractivity contribution is -0.169. The van der Waals surface area contributed by atoms with Crippen molar-refractivity contribution in [2.75, 3.05) is 38.7 Å². The van der Waals surface area contributed by atoms with E-state index in [2.05, 4.69) is 17.1 Å². The van der Waals surface area contributed by atoms with Gasteiger partial charge in [-0.15, -0.1) is 0 Å². The number of carbonyl (C=O) groups excluding carboxylic acids is 2. The van der Waals surface area contributed by atoms with Crippen LogP contribution in [0.25, 0.3) is 0 Å². The summed E-state index contributed by atoms with van der Waals surface area (Å²) in [5, 5.41) is 3.70. The molecule has 1 N–H and O–H groups in total. The summed E-state index contributed by atoms with van der Waals surface area (Å²) >= 11 is 0. The van der Waals surface area contributed by atoms with Gasteiger partial charge >= 0.3 is 11.9 Å². The summed E-state index contributed by atoms with van der Waals surface area (Å²) in [7, 11) is 1.71. The zero-order chi connectivity index (χ0) is 30.4. The van der Waals surface area contributed by atoms with Crippen LogP contribution in [0.15, 0.2) is 18.2 Å². The lowest BCUT2D eigenvalue weighted by Crippen LogP contribution is -2.54. The molecule has 0 unspecified atom stereocenters. The number of nitrogens with one attached hydrogen (secondary N) is 1.